The topological polar surface area (TPSA) is 45.0 Å². The maximum Gasteiger partial charge on any atom is 0.124 e. The van der Waals surface area contributed by atoms with Gasteiger partial charge in [-0.2, -0.15) is 5.26 Å². The molecular formula is C13H15FN2O. The van der Waals surface area contributed by atoms with Crippen molar-refractivity contribution in [2.45, 2.75) is 25.3 Å². The summed E-state index contributed by atoms with van der Waals surface area (Å²) in [5.74, 6) is -0.392. The number of rotatable bonds is 2. The van der Waals surface area contributed by atoms with Crippen molar-refractivity contribution in [3.63, 3.8) is 0 Å². The summed E-state index contributed by atoms with van der Waals surface area (Å²) >= 11 is 0. The summed E-state index contributed by atoms with van der Waals surface area (Å²) in [7, 11) is 0. The summed E-state index contributed by atoms with van der Waals surface area (Å²) in [5, 5.41) is 12.3. The third-order valence-corrected chi connectivity index (χ3v) is 2.98. The Bertz CT molecular complexity index is 447. The van der Waals surface area contributed by atoms with Gasteiger partial charge in [0.05, 0.1) is 23.4 Å². The van der Waals surface area contributed by atoms with Gasteiger partial charge in [-0.25, -0.2) is 4.39 Å². The van der Waals surface area contributed by atoms with E-state index in [0.717, 1.165) is 19.4 Å². The SMILES string of the molecule is CC1(Nc2ccc(F)cc2C#N)CCCOC1. The first kappa shape index (κ1) is 11.9. The van der Waals surface area contributed by atoms with Crippen LogP contribution in [0.25, 0.3) is 0 Å². The number of nitrogens with one attached hydrogen (secondary N) is 1. The summed E-state index contributed by atoms with van der Waals surface area (Å²) in [6.07, 6.45) is 1.97. The summed E-state index contributed by atoms with van der Waals surface area (Å²) < 4.78 is 18.4. The molecule has 4 heteroatoms. The Morgan fingerprint density at radius 3 is 3.00 bits per heavy atom. The molecule has 1 aromatic rings. The second-order valence-electron chi connectivity index (χ2n) is 4.64. The number of benzene rings is 1. The van der Waals surface area contributed by atoms with Crippen molar-refractivity contribution in [2.24, 2.45) is 0 Å². The van der Waals surface area contributed by atoms with Crippen LogP contribution in [0.5, 0.6) is 0 Å². The molecule has 1 aliphatic rings. The molecule has 0 spiro atoms. The van der Waals surface area contributed by atoms with Crippen LogP contribution >= 0.6 is 0 Å². The molecule has 1 saturated heterocycles. The van der Waals surface area contributed by atoms with Crippen LogP contribution in [-0.2, 0) is 4.74 Å². The third-order valence-electron chi connectivity index (χ3n) is 2.98. The van der Waals surface area contributed by atoms with Gasteiger partial charge >= 0.3 is 0 Å². The second-order valence-corrected chi connectivity index (χ2v) is 4.64. The lowest BCUT2D eigenvalue weighted by atomic mass is 9.94. The summed E-state index contributed by atoms with van der Waals surface area (Å²) in [5.41, 5.74) is 0.820. The fourth-order valence-corrected chi connectivity index (χ4v) is 2.08. The van der Waals surface area contributed by atoms with Crippen molar-refractivity contribution >= 4 is 5.69 Å². The zero-order valence-electron chi connectivity index (χ0n) is 9.79. The fraction of sp³-hybridized carbons (Fsp3) is 0.462. The first-order chi connectivity index (χ1) is 8.13. The van der Waals surface area contributed by atoms with E-state index in [4.69, 9.17) is 10.00 Å². The number of hydrogen-bond donors (Lipinski definition) is 1. The van der Waals surface area contributed by atoms with E-state index >= 15 is 0 Å². The zero-order chi connectivity index (χ0) is 12.3. The average Bonchev–Trinajstić information content (AvgIpc) is 2.32. The number of nitriles is 1. The Morgan fingerprint density at radius 1 is 1.53 bits per heavy atom. The minimum absolute atomic E-state index is 0.179. The van der Waals surface area contributed by atoms with Gasteiger partial charge in [-0.05, 0) is 38.0 Å². The Hall–Kier alpha value is -1.60. The Labute approximate surface area is 100 Å². The number of halogens is 1. The molecule has 2 rings (SSSR count). The molecular weight excluding hydrogens is 219 g/mol. The van der Waals surface area contributed by atoms with Gasteiger partial charge in [0.15, 0.2) is 0 Å². The Kier molecular flexibility index (Phi) is 3.30. The summed E-state index contributed by atoms with van der Waals surface area (Å²) in [6.45, 7) is 3.44. The van der Waals surface area contributed by atoms with E-state index in [9.17, 15) is 4.39 Å². The summed E-state index contributed by atoms with van der Waals surface area (Å²) in [6, 6.07) is 6.21. The van der Waals surface area contributed by atoms with E-state index < -0.39 is 5.82 Å². The lowest BCUT2D eigenvalue weighted by molar-refractivity contribution is 0.0540. The first-order valence-electron chi connectivity index (χ1n) is 5.69. The maximum absolute atomic E-state index is 13.0. The van der Waals surface area contributed by atoms with E-state index in [1.165, 1.54) is 12.1 Å². The number of ether oxygens (including phenoxy) is 1. The molecule has 1 atom stereocenters. The molecule has 1 unspecified atom stereocenters. The van der Waals surface area contributed by atoms with Crippen LogP contribution in [0.2, 0.25) is 0 Å². The number of hydrogen-bond acceptors (Lipinski definition) is 3. The van der Waals surface area contributed by atoms with Crippen LogP contribution in [0.15, 0.2) is 18.2 Å². The highest BCUT2D eigenvalue weighted by molar-refractivity contribution is 5.58. The molecule has 1 fully saturated rings. The van der Waals surface area contributed by atoms with Gasteiger partial charge < -0.3 is 10.1 Å². The predicted octanol–water partition coefficient (Wildman–Crippen LogP) is 2.68. The van der Waals surface area contributed by atoms with Crippen molar-refractivity contribution in [2.75, 3.05) is 18.5 Å². The molecule has 0 aliphatic carbocycles. The van der Waals surface area contributed by atoms with Crippen molar-refractivity contribution in [1.29, 1.82) is 5.26 Å². The monoisotopic (exact) mass is 234 g/mol. The van der Waals surface area contributed by atoms with E-state index in [1.807, 2.05) is 6.07 Å². The molecule has 0 radical (unpaired) electrons. The molecule has 1 aromatic carbocycles. The van der Waals surface area contributed by atoms with Crippen LogP contribution in [0.1, 0.15) is 25.3 Å². The van der Waals surface area contributed by atoms with Crippen LogP contribution in [0.3, 0.4) is 0 Å². The fourth-order valence-electron chi connectivity index (χ4n) is 2.08. The maximum atomic E-state index is 13.0. The summed E-state index contributed by atoms with van der Waals surface area (Å²) in [4.78, 5) is 0. The highest BCUT2D eigenvalue weighted by atomic mass is 19.1. The molecule has 0 amide bonds. The molecule has 17 heavy (non-hydrogen) atoms. The van der Waals surface area contributed by atoms with Crippen LogP contribution in [-0.4, -0.2) is 18.8 Å². The molecule has 0 saturated carbocycles. The number of anilines is 1. The molecule has 1 N–H and O–H groups in total. The van der Waals surface area contributed by atoms with Gasteiger partial charge in [-0.1, -0.05) is 0 Å². The molecule has 1 heterocycles. The van der Waals surface area contributed by atoms with Crippen LogP contribution in [0.4, 0.5) is 10.1 Å². The van der Waals surface area contributed by atoms with Gasteiger partial charge in [-0.3, -0.25) is 0 Å². The van der Waals surface area contributed by atoms with Crippen molar-refractivity contribution in [1.82, 2.24) is 0 Å². The van der Waals surface area contributed by atoms with Crippen LogP contribution < -0.4 is 5.32 Å². The van der Waals surface area contributed by atoms with E-state index in [-0.39, 0.29) is 5.54 Å². The van der Waals surface area contributed by atoms with Crippen LogP contribution in [0, 0.1) is 17.1 Å². The predicted molar refractivity (Wildman–Crippen MR) is 63.2 cm³/mol. The molecule has 0 aromatic heterocycles. The highest BCUT2D eigenvalue weighted by Gasteiger charge is 2.28. The highest BCUT2D eigenvalue weighted by Crippen LogP contribution is 2.26. The van der Waals surface area contributed by atoms with Gasteiger partial charge in [0.25, 0.3) is 0 Å². The zero-order valence-corrected chi connectivity index (χ0v) is 9.79. The van der Waals surface area contributed by atoms with E-state index in [0.29, 0.717) is 17.9 Å². The lowest BCUT2D eigenvalue weighted by Gasteiger charge is -2.35. The van der Waals surface area contributed by atoms with Crippen molar-refractivity contribution < 1.29 is 9.13 Å². The minimum Gasteiger partial charge on any atom is -0.379 e. The standard InChI is InChI=1S/C13H15FN2O/c1-13(5-2-6-17-9-13)16-12-4-3-11(14)7-10(12)8-15/h3-4,7,16H,2,5-6,9H2,1H3. The molecule has 0 bridgehead atoms. The number of nitrogens with zero attached hydrogens (tertiary/aromatic N) is 1. The molecule has 1 aliphatic heterocycles. The lowest BCUT2D eigenvalue weighted by Crippen LogP contribution is -2.43. The Balaban J connectivity index is 2.20. The average molecular weight is 234 g/mol. The van der Waals surface area contributed by atoms with E-state index in [2.05, 4.69) is 12.2 Å². The van der Waals surface area contributed by atoms with Gasteiger partial charge in [0.1, 0.15) is 11.9 Å². The first-order valence-corrected chi connectivity index (χ1v) is 5.69. The molecule has 90 valence electrons. The van der Waals surface area contributed by atoms with E-state index in [1.54, 1.807) is 6.07 Å². The Morgan fingerprint density at radius 2 is 2.35 bits per heavy atom. The van der Waals surface area contributed by atoms with Gasteiger partial charge in [-0.15, -0.1) is 0 Å². The minimum atomic E-state index is -0.392. The second kappa shape index (κ2) is 4.72. The van der Waals surface area contributed by atoms with Gasteiger partial charge in [0, 0.05) is 6.61 Å². The van der Waals surface area contributed by atoms with Crippen molar-refractivity contribution in [3.8, 4) is 6.07 Å². The quantitative estimate of drug-likeness (QED) is 0.855. The largest absolute Gasteiger partial charge is 0.379 e. The van der Waals surface area contributed by atoms with Crippen molar-refractivity contribution in [3.05, 3.63) is 29.6 Å². The smallest absolute Gasteiger partial charge is 0.124 e. The third kappa shape index (κ3) is 2.75. The normalized spacial score (nSPS) is 24.1. The van der Waals surface area contributed by atoms with Gasteiger partial charge in [0.2, 0.25) is 0 Å². The molecule has 3 nitrogen and oxygen atoms in total.